The molecule has 6 nitrogen and oxygen atoms in total. The van der Waals surface area contributed by atoms with Crippen molar-refractivity contribution in [2.45, 2.75) is 0 Å². The lowest BCUT2D eigenvalue weighted by molar-refractivity contribution is 0.0690. The number of hydrogen-bond donors (Lipinski definition) is 2. The van der Waals surface area contributed by atoms with Gasteiger partial charge in [0, 0.05) is 14.1 Å². The van der Waals surface area contributed by atoms with Crippen LogP contribution in [-0.4, -0.2) is 41.1 Å². The summed E-state index contributed by atoms with van der Waals surface area (Å²) in [7, 11) is 3.30. The molecule has 0 aliphatic rings. The summed E-state index contributed by atoms with van der Waals surface area (Å²) in [5.41, 5.74) is 2.39. The third-order valence-electron chi connectivity index (χ3n) is 1.53. The molecule has 0 aliphatic carbocycles. The molecular formula is C9H11N3O3. The molecule has 1 heterocycles. The van der Waals surface area contributed by atoms with Crippen molar-refractivity contribution < 1.29 is 14.7 Å². The number of carbonyl (C=O) groups is 2. The maximum absolute atomic E-state index is 11.4. The van der Waals surface area contributed by atoms with Crippen LogP contribution < -0.4 is 5.43 Å². The van der Waals surface area contributed by atoms with Gasteiger partial charge in [0.15, 0.2) is 0 Å². The summed E-state index contributed by atoms with van der Waals surface area (Å²) in [6, 6.07) is 4.25. The molecule has 0 fully saturated rings. The highest BCUT2D eigenvalue weighted by Gasteiger charge is 2.11. The number of amides is 1. The van der Waals surface area contributed by atoms with Crippen molar-refractivity contribution in [3.8, 4) is 0 Å². The van der Waals surface area contributed by atoms with Gasteiger partial charge >= 0.3 is 5.97 Å². The number of aromatic nitrogens is 1. The fourth-order valence-electron chi connectivity index (χ4n) is 0.941. The number of hydrazine groups is 1. The van der Waals surface area contributed by atoms with Gasteiger partial charge in [0.1, 0.15) is 11.4 Å². The zero-order chi connectivity index (χ0) is 11.4. The van der Waals surface area contributed by atoms with Crippen molar-refractivity contribution in [1.29, 1.82) is 0 Å². The Morgan fingerprint density at radius 2 is 1.93 bits per heavy atom. The third kappa shape index (κ3) is 3.03. The fourth-order valence-corrected chi connectivity index (χ4v) is 0.941. The molecule has 6 heteroatoms. The van der Waals surface area contributed by atoms with Crippen LogP contribution in [0.5, 0.6) is 0 Å². The van der Waals surface area contributed by atoms with Crippen molar-refractivity contribution in [3.63, 3.8) is 0 Å². The van der Waals surface area contributed by atoms with Crippen LogP contribution in [-0.2, 0) is 0 Å². The maximum atomic E-state index is 11.4. The summed E-state index contributed by atoms with van der Waals surface area (Å²) in [5, 5.41) is 10.1. The number of nitrogens with one attached hydrogen (secondary N) is 1. The molecule has 0 aliphatic heterocycles. The minimum atomic E-state index is -1.16. The second-order valence-electron chi connectivity index (χ2n) is 3.05. The molecule has 1 aromatic heterocycles. The second kappa shape index (κ2) is 4.52. The lowest BCUT2D eigenvalue weighted by atomic mass is 10.3. The van der Waals surface area contributed by atoms with Crippen LogP contribution in [0.1, 0.15) is 21.0 Å². The Kier molecular flexibility index (Phi) is 3.35. The van der Waals surface area contributed by atoms with Crippen LogP contribution in [0.25, 0.3) is 0 Å². The van der Waals surface area contributed by atoms with Gasteiger partial charge in [0.2, 0.25) is 0 Å². The molecular weight excluding hydrogens is 198 g/mol. The van der Waals surface area contributed by atoms with Crippen LogP contribution in [0, 0.1) is 0 Å². The molecule has 80 valence electrons. The van der Waals surface area contributed by atoms with Crippen molar-refractivity contribution in [1.82, 2.24) is 15.4 Å². The Morgan fingerprint density at radius 3 is 2.47 bits per heavy atom. The minimum absolute atomic E-state index is 0.0728. The Balaban J connectivity index is 2.90. The van der Waals surface area contributed by atoms with E-state index in [0.717, 1.165) is 0 Å². The molecule has 2 N–H and O–H groups in total. The number of hydrogen-bond acceptors (Lipinski definition) is 4. The molecule has 1 rings (SSSR count). The van der Waals surface area contributed by atoms with Crippen LogP contribution in [0.3, 0.4) is 0 Å². The van der Waals surface area contributed by atoms with E-state index in [1.807, 2.05) is 0 Å². The summed E-state index contributed by atoms with van der Waals surface area (Å²) in [5.74, 6) is -1.60. The Labute approximate surface area is 86.5 Å². The van der Waals surface area contributed by atoms with Crippen molar-refractivity contribution >= 4 is 11.9 Å². The molecule has 1 aromatic rings. The monoisotopic (exact) mass is 209 g/mol. The molecule has 0 saturated carbocycles. The van der Waals surface area contributed by atoms with Crippen molar-refractivity contribution in [2.75, 3.05) is 14.1 Å². The second-order valence-corrected chi connectivity index (χ2v) is 3.05. The average molecular weight is 209 g/mol. The number of pyridine rings is 1. The summed E-state index contributed by atoms with van der Waals surface area (Å²) in [4.78, 5) is 25.7. The molecule has 1 amide bonds. The topological polar surface area (TPSA) is 82.5 Å². The number of carboxylic acid groups (broad SMARTS) is 1. The van der Waals surface area contributed by atoms with E-state index in [2.05, 4.69) is 10.4 Å². The molecule has 15 heavy (non-hydrogen) atoms. The van der Waals surface area contributed by atoms with Gasteiger partial charge in [-0.2, -0.15) is 0 Å². The summed E-state index contributed by atoms with van der Waals surface area (Å²) >= 11 is 0. The molecule has 0 atom stereocenters. The number of rotatable bonds is 3. The van der Waals surface area contributed by atoms with Gasteiger partial charge in [-0.25, -0.2) is 14.8 Å². The predicted octanol–water partition coefficient (Wildman–Crippen LogP) is -0.0138. The van der Waals surface area contributed by atoms with Crippen molar-refractivity contribution in [2.24, 2.45) is 0 Å². The van der Waals surface area contributed by atoms with Crippen LogP contribution in [0.15, 0.2) is 18.2 Å². The van der Waals surface area contributed by atoms with E-state index in [1.165, 1.54) is 23.2 Å². The van der Waals surface area contributed by atoms with E-state index >= 15 is 0 Å². The summed E-state index contributed by atoms with van der Waals surface area (Å²) in [6.45, 7) is 0. The van der Waals surface area contributed by atoms with E-state index in [4.69, 9.17) is 5.11 Å². The zero-order valence-corrected chi connectivity index (χ0v) is 8.39. The first-order chi connectivity index (χ1) is 7.00. The predicted molar refractivity (Wildman–Crippen MR) is 52.3 cm³/mol. The average Bonchev–Trinajstić information content (AvgIpc) is 2.17. The molecule has 0 aromatic carbocycles. The number of nitrogens with zero attached hydrogens (tertiary/aromatic N) is 2. The summed E-state index contributed by atoms with van der Waals surface area (Å²) in [6.07, 6.45) is 0. The first kappa shape index (κ1) is 11.1. The third-order valence-corrected chi connectivity index (χ3v) is 1.53. The highest BCUT2D eigenvalue weighted by atomic mass is 16.4. The van der Waals surface area contributed by atoms with Crippen molar-refractivity contribution in [3.05, 3.63) is 29.6 Å². The van der Waals surface area contributed by atoms with Gasteiger partial charge in [0.25, 0.3) is 5.91 Å². The number of carbonyl (C=O) groups excluding carboxylic acids is 1. The number of aromatic carboxylic acids is 1. The molecule has 0 saturated heterocycles. The van der Waals surface area contributed by atoms with Gasteiger partial charge in [0.05, 0.1) is 0 Å². The van der Waals surface area contributed by atoms with Crippen LogP contribution >= 0.6 is 0 Å². The van der Waals surface area contributed by atoms with E-state index < -0.39 is 11.9 Å². The number of carboxylic acids is 1. The van der Waals surface area contributed by atoms with E-state index in [-0.39, 0.29) is 11.4 Å². The Morgan fingerprint density at radius 1 is 1.33 bits per heavy atom. The largest absolute Gasteiger partial charge is 0.477 e. The fraction of sp³-hybridized carbons (Fsp3) is 0.222. The van der Waals surface area contributed by atoms with Gasteiger partial charge in [-0.15, -0.1) is 0 Å². The standard InChI is InChI=1S/C9H11N3O3/c1-12(2)11-8(13)6-4-3-5-7(10-6)9(14)15/h3-5H,1-2H3,(H,11,13)(H,14,15). The SMILES string of the molecule is CN(C)NC(=O)c1cccc(C(=O)O)n1. The first-order valence-corrected chi connectivity index (χ1v) is 4.19. The quantitative estimate of drug-likeness (QED) is 0.684. The Hall–Kier alpha value is -1.95. The lowest BCUT2D eigenvalue weighted by Crippen LogP contribution is -2.36. The minimum Gasteiger partial charge on any atom is -0.477 e. The van der Waals surface area contributed by atoms with Gasteiger partial charge in [-0.05, 0) is 12.1 Å². The van der Waals surface area contributed by atoms with E-state index in [9.17, 15) is 9.59 Å². The molecule has 0 bridgehead atoms. The van der Waals surface area contributed by atoms with Crippen LogP contribution in [0.2, 0.25) is 0 Å². The van der Waals surface area contributed by atoms with Gasteiger partial charge in [-0.3, -0.25) is 10.2 Å². The van der Waals surface area contributed by atoms with E-state index in [0.29, 0.717) is 0 Å². The lowest BCUT2D eigenvalue weighted by Gasteiger charge is -2.11. The van der Waals surface area contributed by atoms with Gasteiger partial charge < -0.3 is 5.11 Å². The molecule has 0 spiro atoms. The smallest absolute Gasteiger partial charge is 0.354 e. The van der Waals surface area contributed by atoms with E-state index in [1.54, 1.807) is 14.1 Å². The summed E-state index contributed by atoms with van der Waals surface area (Å²) < 4.78 is 0. The van der Waals surface area contributed by atoms with Crippen LogP contribution in [0.4, 0.5) is 0 Å². The molecule has 0 radical (unpaired) electrons. The van der Waals surface area contributed by atoms with Gasteiger partial charge in [-0.1, -0.05) is 6.07 Å². The molecule has 0 unspecified atom stereocenters. The zero-order valence-electron chi connectivity index (χ0n) is 8.39. The first-order valence-electron chi connectivity index (χ1n) is 4.19. The Bertz CT molecular complexity index is 390. The normalized spacial score (nSPS) is 10.1. The maximum Gasteiger partial charge on any atom is 0.354 e. The highest BCUT2D eigenvalue weighted by Crippen LogP contribution is 1.99. The highest BCUT2D eigenvalue weighted by molar-refractivity contribution is 5.93.